The van der Waals surface area contributed by atoms with Crippen LogP contribution in [0, 0.1) is 0 Å². The van der Waals surface area contributed by atoms with Gasteiger partial charge in [0.2, 0.25) is 5.95 Å². The Bertz CT molecular complexity index is 843. The quantitative estimate of drug-likeness (QED) is 0.805. The van der Waals surface area contributed by atoms with Gasteiger partial charge in [-0.25, -0.2) is 0 Å². The van der Waals surface area contributed by atoms with Gasteiger partial charge in [-0.15, -0.1) is 23.4 Å². The van der Waals surface area contributed by atoms with Gasteiger partial charge in [0.25, 0.3) is 5.91 Å². The summed E-state index contributed by atoms with van der Waals surface area (Å²) in [4.78, 5) is 12.1. The van der Waals surface area contributed by atoms with Gasteiger partial charge >= 0.3 is 6.36 Å². The van der Waals surface area contributed by atoms with Crippen LogP contribution in [0.2, 0.25) is 0 Å². The van der Waals surface area contributed by atoms with Crippen molar-refractivity contribution in [2.75, 3.05) is 5.32 Å². The van der Waals surface area contributed by atoms with Gasteiger partial charge in [0.05, 0.1) is 0 Å². The van der Waals surface area contributed by atoms with Gasteiger partial charge in [0.15, 0.2) is 5.65 Å². The van der Waals surface area contributed by atoms with Gasteiger partial charge < -0.3 is 4.74 Å². The number of anilines is 1. The molecule has 118 valence electrons. The molecule has 3 aromatic rings. The summed E-state index contributed by atoms with van der Waals surface area (Å²) in [5.41, 5.74) is 0.712. The molecule has 1 N–H and O–H groups in total. The number of aromatic nitrogens is 3. The minimum atomic E-state index is -4.77. The molecule has 1 amide bonds. The third-order valence-corrected chi connectivity index (χ3v) is 2.89. The number of rotatable bonds is 3. The van der Waals surface area contributed by atoms with Crippen LogP contribution in [-0.4, -0.2) is 26.9 Å². The lowest BCUT2D eigenvalue weighted by Gasteiger charge is -2.09. The highest BCUT2D eigenvalue weighted by atomic mass is 19.4. The first kappa shape index (κ1) is 14.8. The summed E-state index contributed by atoms with van der Waals surface area (Å²) in [5.74, 6) is -0.718. The number of carbonyl (C=O) groups is 1. The van der Waals surface area contributed by atoms with Crippen LogP contribution in [0.3, 0.4) is 0 Å². The lowest BCUT2D eigenvalue weighted by atomic mass is 10.2. The van der Waals surface area contributed by atoms with Crippen LogP contribution in [0.25, 0.3) is 5.65 Å². The molecule has 0 atom stereocenters. The number of nitrogens with one attached hydrogen (secondary N) is 1. The monoisotopic (exact) mass is 322 g/mol. The molecule has 0 radical (unpaired) electrons. The molecule has 0 aliphatic rings. The molecule has 9 heteroatoms. The zero-order chi connectivity index (χ0) is 16.4. The Hall–Kier alpha value is -3.10. The standard InChI is InChI=1S/C14H9F3N4O2/c15-14(16,17)23-10-6-4-9(5-7-10)12(22)18-13-20-19-11-3-1-2-8-21(11)13/h1-8H,(H,18,20,22). The van der Waals surface area contributed by atoms with E-state index in [0.717, 1.165) is 12.1 Å². The lowest BCUT2D eigenvalue weighted by molar-refractivity contribution is -0.274. The molecule has 0 aliphatic carbocycles. The van der Waals surface area contributed by atoms with Crippen molar-refractivity contribution < 1.29 is 22.7 Å². The number of fused-ring (bicyclic) bond motifs is 1. The van der Waals surface area contributed by atoms with Gasteiger partial charge in [-0.3, -0.25) is 14.5 Å². The van der Waals surface area contributed by atoms with Crippen molar-refractivity contribution in [1.29, 1.82) is 0 Å². The number of ether oxygens (including phenoxy) is 1. The average Bonchev–Trinajstić information content (AvgIpc) is 2.90. The zero-order valence-electron chi connectivity index (χ0n) is 11.4. The normalized spacial score (nSPS) is 11.4. The zero-order valence-corrected chi connectivity index (χ0v) is 11.4. The number of hydrogen-bond donors (Lipinski definition) is 1. The molecule has 2 aromatic heterocycles. The summed E-state index contributed by atoms with van der Waals surface area (Å²) >= 11 is 0. The molecule has 0 spiro atoms. The molecule has 0 aliphatic heterocycles. The number of alkyl halides is 3. The van der Waals surface area contributed by atoms with Gasteiger partial charge in [0.1, 0.15) is 5.75 Å². The second kappa shape index (κ2) is 5.59. The van der Waals surface area contributed by atoms with Gasteiger partial charge in [-0.05, 0) is 36.4 Å². The number of nitrogens with zero attached hydrogens (tertiary/aromatic N) is 3. The third kappa shape index (κ3) is 3.39. The molecule has 0 bridgehead atoms. The molecule has 0 fully saturated rings. The second-order valence-electron chi connectivity index (χ2n) is 4.48. The second-order valence-corrected chi connectivity index (χ2v) is 4.48. The number of benzene rings is 1. The van der Waals surface area contributed by atoms with E-state index in [1.54, 1.807) is 28.8 Å². The summed E-state index contributed by atoms with van der Waals surface area (Å²) in [6, 6.07) is 9.80. The first-order chi connectivity index (χ1) is 10.9. The summed E-state index contributed by atoms with van der Waals surface area (Å²) in [6.45, 7) is 0. The van der Waals surface area contributed by atoms with Crippen LogP contribution in [-0.2, 0) is 0 Å². The Morgan fingerprint density at radius 3 is 2.52 bits per heavy atom. The summed E-state index contributed by atoms with van der Waals surface area (Å²) in [7, 11) is 0. The van der Waals surface area contributed by atoms with E-state index in [4.69, 9.17) is 0 Å². The molecular weight excluding hydrogens is 313 g/mol. The first-order valence-corrected chi connectivity index (χ1v) is 6.39. The van der Waals surface area contributed by atoms with Crippen molar-refractivity contribution in [3.05, 3.63) is 54.2 Å². The Kier molecular flexibility index (Phi) is 3.61. The average molecular weight is 322 g/mol. The van der Waals surface area contributed by atoms with Crippen molar-refractivity contribution in [3.63, 3.8) is 0 Å². The first-order valence-electron chi connectivity index (χ1n) is 6.39. The minimum absolute atomic E-state index is 0.159. The van der Waals surface area contributed by atoms with Crippen molar-refractivity contribution in [2.24, 2.45) is 0 Å². The largest absolute Gasteiger partial charge is 0.573 e. The third-order valence-electron chi connectivity index (χ3n) is 2.89. The van der Waals surface area contributed by atoms with E-state index in [1.807, 2.05) is 0 Å². The molecule has 3 rings (SSSR count). The van der Waals surface area contributed by atoms with E-state index in [-0.39, 0.29) is 11.5 Å². The maximum absolute atomic E-state index is 12.1. The highest BCUT2D eigenvalue weighted by molar-refractivity contribution is 6.03. The summed E-state index contributed by atoms with van der Waals surface area (Å²) < 4.78 is 41.6. The Labute approximate surface area is 127 Å². The number of halogens is 3. The Morgan fingerprint density at radius 2 is 1.83 bits per heavy atom. The van der Waals surface area contributed by atoms with Crippen LogP contribution in [0.5, 0.6) is 5.75 Å². The van der Waals surface area contributed by atoms with E-state index in [0.29, 0.717) is 5.65 Å². The summed E-state index contributed by atoms with van der Waals surface area (Å²) in [6.07, 6.45) is -3.10. The predicted molar refractivity (Wildman–Crippen MR) is 74.1 cm³/mol. The van der Waals surface area contributed by atoms with Crippen LogP contribution in [0.4, 0.5) is 19.1 Å². The van der Waals surface area contributed by atoms with Gasteiger partial charge in [-0.1, -0.05) is 6.07 Å². The Morgan fingerprint density at radius 1 is 1.09 bits per heavy atom. The van der Waals surface area contributed by atoms with Crippen molar-refractivity contribution in [2.45, 2.75) is 6.36 Å². The van der Waals surface area contributed by atoms with Gasteiger partial charge in [-0.2, -0.15) is 0 Å². The minimum Gasteiger partial charge on any atom is -0.406 e. The molecule has 2 heterocycles. The molecule has 1 aromatic carbocycles. The highest BCUT2D eigenvalue weighted by Crippen LogP contribution is 2.23. The summed E-state index contributed by atoms with van der Waals surface area (Å²) in [5, 5.41) is 10.2. The fourth-order valence-electron chi connectivity index (χ4n) is 1.91. The van der Waals surface area contributed by atoms with E-state index in [1.165, 1.54) is 12.1 Å². The van der Waals surface area contributed by atoms with E-state index >= 15 is 0 Å². The number of amides is 1. The van der Waals surface area contributed by atoms with Crippen LogP contribution < -0.4 is 10.1 Å². The maximum atomic E-state index is 12.1. The lowest BCUT2D eigenvalue weighted by Crippen LogP contribution is -2.17. The molecular formula is C14H9F3N4O2. The number of carbonyl (C=O) groups excluding carboxylic acids is 1. The van der Waals surface area contributed by atoms with Crippen LogP contribution in [0.1, 0.15) is 10.4 Å². The van der Waals surface area contributed by atoms with Crippen molar-refractivity contribution in [3.8, 4) is 5.75 Å². The van der Waals surface area contributed by atoms with Crippen molar-refractivity contribution in [1.82, 2.24) is 14.6 Å². The highest BCUT2D eigenvalue weighted by Gasteiger charge is 2.31. The van der Waals surface area contributed by atoms with E-state index in [9.17, 15) is 18.0 Å². The smallest absolute Gasteiger partial charge is 0.406 e. The molecule has 6 nitrogen and oxygen atoms in total. The topological polar surface area (TPSA) is 68.5 Å². The van der Waals surface area contributed by atoms with Crippen LogP contribution in [0.15, 0.2) is 48.7 Å². The molecule has 23 heavy (non-hydrogen) atoms. The molecule has 0 saturated carbocycles. The van der Waals surface area contributed by atoms with Crippen LogP contribution >= 0.6 is 0 Å². The van der Waals surface area contributed by atoms with Crippen molar-refractivity contribution >= 4 is 17.5 Å². The van der Waals surface area contributed by atoms with E-state index in [2.05, 4.69) is 20.3 Å². The van der Waals surface area contributed by atoms with Gasteiger partial charge in [0, 0.05) is 11.8 Å². The fraction of sp³-hybridized carbons (Fsp3) is 0.0714. The van der Waals surface area contributed by atoms with E-state index < -0.39 is 18.0 Å². The SMILES string of the molecule is O=C(Nc1nnc2ccccn12)c1ccc(OC(F)(F)F)cc1. The predicted octanol–water partition coefficient (Wildman–Crippen LogP) is 2.88. The Balaban J connectivity index is 1.76. The fourth-order valence-corrected chi connectivity index (χ4v) is 1.91. The molecule has 0 unspecified atom stereocenters. The number of pyridine rings is 1. The maximum Gasteiger partial charge on any atom is 0.573 e. The number of hydrogen-bond acceptors (Lipinski definition) is 4. The molecule has 0 saturated heterocycles.